The summed E-state index contributed by atoms with van der Waals surface area (Å²) in [7, 11) is -3.64. The third-order valence-corrected chi connectivity index (χ3v) is 7.22. The van der Waals surface area contributed by atoms with Crippen molar-refractivity contribution < 1.29 is 8.42 Å². The van der Waals surface area contributed by atoms with E-state index in [9.17, 15) is 8.42 Å². The van der Waals surface area contributed by atoms with Crippen molar-refractivity contribution in [3.63, 3.8) is 0 Å². The molecule has 0 bridgehead atoms. The van der Waals surface area contributed by atoms with Crippen LogP contribution in [0, 0.1) is 6.92 Å². The summed E-state index contributed by atoms with van der Waals surface area (Å²) in [4.78, 5) is 9.08. The molecular formula is C21H26N6O2S. The number of hydrogen-bond acceptors (Lipinski definition) is 6. The maximum Gasteiger partial charge on any atom is 0.247 e. The lowest BCUT2D eigenvalue weighted by Crippen LogP contribution is -2.31. The van der Waals surface area contributed by atoms with Gasteiger partial charge in [-0.25, -0.2) is 13.4 Å². The average Bonchev–Trinajstić information content (AvgIpc) is 3.37. The van der Waals surface area contributed by atoms with E-state index in [1.807, 2.05) is 37.3 Å². The van der Waals surface area contributed by atoms with Crippen molar-refractivity contribution in [3.8, 4) is 0 Å². The molecule has 0 spiro atoms. The molecule has 0 aliphatic carbocycles. The molecule has 1 fully saturated rings. The number of sulfonamides is 1. The number of hydrogen-bond donors (Lipinski definition) is 1. The zero-order chi connectivity index (χ0) is 21.1. The normalized spacial score (nSPS) is 17.3. The second-order valence-electron chi connectivity index (χ2n) is 7.43. The molecule has 3 aromatic heterocycles. The van der Waals surface area contributed by atoms with Gasteiger partial charge in [-0.05, 0) is 50.5 Å². The SMILES string of the molecule is CCCn1cc(S(=O)(=O)N2CCC[C@@H]2c2ccc(Nc3ccccn3)cn2)c(C)n1. The van der Waals surface area contributed by atoms with Gasteiger partial charge in [-0.2, -0.15) is 9.40 Å². The maximum absolute atomic E-state index is 13.4. The molecule has 3 aromatic rings. The van der Waals surface area contributed by atoms with Crippen molar-refractivity contribution in [2.24, 2.45) is 0 Å². The number of pyridine rings is 2. The predicted molar refractivity (Wildman–Crippen MR) is 115 cm³/mol. The molecule has 1 saturated heterocycles. The van der Waals surface area contributed by atoms with E-state index in [0.29, 0.717) is 18.8 Å². The molecule has 4 rings (SSSR count). The standard InChI is InChI=1S/C21H26N6O2S/c1-3-12-26-15-20(16(2)25-26)30(28,29)27-13-6-7-19(27)18-10-9-17(14-23-18)24-21-8-4-5-11-22-21/h4-5,8-11,14-15,19H,3,6-7,12-13H2,1-2H3,(H,22,24)/t19-/m1/s1. The lowest BCUT2D eigenvalue weighted by Gasteiger charge is -2.23. The largest absolute Gasteiger partial charge is 0.339 e. The van der Waals surface area contributed by atoms with Crippen LogP contribution in [0.15, 0.2) is 53.8 Å². The minimum absolute atomic E-state index is 0.271. The minimum atomic E-state index is -3.64. The van der Waals surface area contributed by atoms with E-state index in [0.717, 1.165) is 36.5 Å². The summed E-state index contributed by atoms with van der Waals surface area (Å²) in [5.41, 5.74) is 2.10. The van der Waals surface area contributed by atoms with Crippen LogP contribution in [0.2, 0.25) is 0 Å². The Kier molecular flexibility index (Phi) is 5.83. The van der Waals surface area contributed by atoms with Gasteiger partial charge in [0.1, 0.15) is 10.7 Å². The highest BCUT2D eigenvalue weighted by Crippen LogP contribution is 2.36. The topological polar surface area (TPSA) is 93.0 Å². The summed E-state index contributed by atoms with van der Waals surface area (Å²) in [5, 5.41) is 7.56. The van der Waals surface area contributed by atoms with Gasteiger partial charge in [-0.15, -0.1) is 0 Å². The molecule has 1 aliphatic heterocycles. The molecule has 0 saturated carbocycles. The molecule has 0 unspecified atom stereocenters. The molecule has 4 heterocycles. The summed E-state index contributed by atoms with van der Waals surface area (Å²) in [6.07, 6.45) is 7.54. The molecule has 1 atom stereocenters. The molecule has 30 heavy (non-hydrogen) atoms. The van der Waals surface area contributed by atoms with Crippen LogP contribution in [0.4, 0.5) is 11.5 Å². The summed E-state index contributed by atoms with van der Waals surface area (Å²) in [5.74, 6) is 0.733. The lowest BCUT2D eigenvalue weighted by molar-refractivity contribution is 0.390. The molecule has 0 radical (unpaired) electrons. The number of nitrogens with one attached hydrogen (secondary N) is 1. The van der Waals surface area contributed by atoms with Gasteiger partial charge in [0.15, 0.2) is 0 Å². The second-order valence-corrected chi connectivity index (χ2v) is 9.29. The maximum atomic E-state index is 13.4. The first-order chi connectivity index (χ1) is 14.5. The Morgan fingerprint density at radius 1 is 1.20 bits per heavy atom. The van der Waals surface area contributed by atoms with Crippen molar-refractivity contribution in [2.75, 3.05) is 11.9 Å². The zero-order valence-corrected chi connectivity index (χ0v) is 18.0. The van der Waals surface area contributed by atoms with E-state index in [2.05, 4.69) is 20.4 Å². The van der Waals surface area contributed by atoms with Gasteiger partial charge in [0.2, 0.25) is 10.0 Å². The predicted octanol–water partition coefficient (Wildman–Crippen LogP) is 3.66. The monoisotopic (exact) mass is 426 g/mol. The van der Waals surface area contributed by atoms with Gasteiger partial charge in [0.05, 0.1) is 29.3 Å². The number of aryl methyl sites for hydroxylation is 2. The van der Waals surface area contributed by atoms with E-state index in [4.69, 9.17) is 0 Å². The average molecular weight is 427 g/mol. The fourth-order valence-corrected chi connectivity index (χ4v) is 5.65. The van der Waals surface area contributed by atoms with Gasteiger partial charge in [0, 0.05) is 25.5 Å². The molecule has 0 amide bonds. The Hall–Kier alpha value is -2.78. The molecule has 158 valence electrons. The Morgan fingerprint density at radius 2 is 2.07 bits per heavy atom. The van der Waals surface area contributed by atoms with Gasteiger partial charge >= 0.3 is 0 Å². The molecule has 1 aliphatic rings. The van der Waals surface area contributed by atoms with Crippen LogP contribution in [0.5, 0.6) is 0 Å². The summed E-state index contributed by atoms with van der Waals surface area (Å²) in [6.45, 7) is 4.98. The minimum Gasteiger partial charge on any atom is -0.339 e. The lowest BCUT2D eigenvalue weighted by atomic mass is 10.1. The molecule has 9 heteroatoms. The first-order valence-corrected chi connectivity index (χ1v) is 11.6. The molecular weight excluding hydrogens is 400 g/mol. The summed E-state index contributed by atoms with van der Waals surface area (Å²) in [6, 6.07) is 9.16. The Labute approximate surface area is 177 Å². The third-order valence-electron chi connectivity index (χ3n) is 5.21. The van der Waals surface area contributed by atoms with Crippen molar-refractivity contribution in [1.82, 2.24) is 24.1 Å². The van der Waals surface area contributed by atoms with Crippen LogP contribution in [-0.4, -0.2) is 39.0 Å². The number of aromatic nitrogens is 4. The van der Waals surface area contributed by atoms with E-state index in [1.54, 1.807) is 34.5 Å². The smallest absolute Gasteiger partial charge is 0.247 e. The molecule has 0 aromatic carbocycles. The second kappa shape index (κ2) is 8.53. The highest BCUT2D eigenvalue weighted by Gasteiger charge is 2.38. The van der Waals surface area contributed by atoms with Gasteiger partial charge in [-0.3, -0.25) is 9.67 Å². The van der Waals surface area contributed by atoms with Crippen molar-refractivity contribution in [2.45, 2.75) is 50.6 Å². The van der Waals surface area contributed by atoms with Gasteiger partial charge < -0.3 is 5.32 Å². The van der Waals surface area contributed by atoms with Crippen LogP contribution < -0.4 is 5.32 Å². The number of nitrogens with zero attached hydrogens (tertiary/aromatic N) is 5. The Bertz CT molecular complexity index is 1100. The fraction of sp³-hybridized carbons (Fsp3) is 0.381. The first-order valence-electron chi connectivity index (χ1n) is 10.2. The van der Waals surface area contributed by atoms with Crippen molar-refractivity contribution in [1.29, 1.82) is 0 Å². The Morgan fingerprint density at radius 3 is 2.77 bits per heavy atom. The molecule has 8 nitrogen and oxygen atoms in total. The quantitative estimate of drug-likeness (QED) is 0.620. The summed E-state index contributed by atoms with van der Waals surface area (Å²) >= 11 is 0. The van der Waals surface area contributed by atoms with Crippen LogP contribution in [0.3, 0.4) is 0 Å². The van der Waals surface area contributed by atoms with Crippen molar-refractivity contribution >= 4 is 21.5 Å². The fourth-order valence-electron chi connectivity index (χ4n) is 3.81. The van der Waals surface area contributed by atoms with E-state index < -0.39 is 10.0 Å². The van der Waals surface area contributed by atoms with Gasteiger partial charge in [-0.1, -0.05) is 13.0 Å². The first kappa shape index (κ1) is 20.5. The van der Waals surface area contributed by atoms with Crippen molar-refractivity contribution in [3.05, 3.63) is 60.3 Å². The van der Waals surface area contributed by atoms with Crippen LogP contribution in [-0.2, 0) is 16.6 Å². The summed E-state index contributed by atoms with van der Waals surface area (Å²) < 4.78 is 30.1. The third kappa shape index (κ3) is 4.08. The van der Waals surface area contributed by atoms with Crippen LogP contribution >= 0.6 is 0 Å². The molecule has 1 N–H and O–H groups in total. The van der Waals surface area contributed by atoms with Crippen LogP contribution in [0.1, 0.15) is 43.6 Å². The number of anilines is 2. The zero-order valence-electron chi connectivity index (χ0n) is 17.2. The highest BCUT2D eigenvalue weighted by molar-refractivity contribution is 7.89. The van der Waals surface area contributed by atoms with Gasteiger partial charge in [0.25, 0.3) is 0 Å². The Balaban J connectivity index is 1.56. The van der Waals surface area contributed by atoms with Crippen LogP contribution in [0.25, 0.3) is 0 Å². The van der Waals surface area contributed by atoms with E-state index in [1.165, 1.54) is 0 Å². The number of rotatable bonds is 7. The van der Waals surface area contributed by atoms with E-state index >= 15 is 0 Å². The highest BCUT2D eigenvalue weighted by atomic mass is 32.2. The van der Waals surface area contributed by atoms with E-state index in [-0.39, 0.29) is 10.9 Å².